The molecule has 190 valence electrons. The minimum Gasteiger partial charge on any atom is -0.382 e. The zero-order valence-corrected chi connectivity index (χ0v) is 19.8. The predicted molar refractivity (Wildman–Crippen MR) is 130 cm³/mol. The number of hydrogen-bond acceptors (Lipinski definition) is 6. The van der Waals surface area contributed by atoms with Crippen LogP contribution in [0, 0.1) is 5.82 Å². The van der Waals surface area contributed by atoms with Gasteiger partial charge in [0.05, 0.1) is 41.4 Å². The first-order valence-corrected chi connectivity index (χ1v) is 11.5. The Labute approximate surface area is 209 Å². The largest absolute Gasteiger partial charge is 0.382 e. The van der Waals surface area contributed by atoms with Crippen LogP contribution in [0.3, 0.4) is 0 Å². The maximum absolute atomic E-state index is 14.7. The number of hydrogen-bond donors (Lipinski definition) is 1. The van der Waals surface area contributed by atoms with Crippen molar-refractivity contribution in [1.82, 2.24) is 34.0 Å². The fraction of sp³-hybridized carbons (Fsp3) is 0.240. The number of pyridine rings is 1. The van der Waals surface area contributed by atoms with Crippen LogP contribution in [0.2, 0.25) is 0 Å². The highest BCUT2D eigenvalue weighted by Crippen LogP contribution is 2.39. The molecule has 4 aromatic heterocycles. The number of imidazole rings is 1. The molecule has 1 amide bonds. The summed E-state index contributed by atoms with van der Waals surface area (Å²) in [7, 11) is 1.64. The molecule has 0 aliphatic heterocycles. The molecule has 4 heterocycles. The molecule has 1 aliphatic rings. The monoisotopic (exact) mass is 508 g/mol. The van der Waals surface area contributed by atoms with Crippen molar-refractivity contribution in [1.29, 1.82) is 0 Å². The van der Waals surface area contributed by atoms with Gasteiger partial charge in [0.25, 0.3) is 5.91 Å². The molecule has 1 saturated carbocycles. The smallest absolute Gasteiger partial charge is 0.333 e. The first kappa shape index (κ1) is 24.2. The number of benzene rings is 1. The van der Waals surface area contributed by atoms with E-state index >= 15 is 0 Å². The van der Waals surface area contributed by atoms with E-state index in [0.717, 1.165) is 5.69 Å². The van der Waals surface area contributed by atoms with Crippen molar-refractivity contribution in [2.24, 2.45) is 0 Å². The molecular formula is C25H23F3N8O. The van der Waals surface area contributed by atoms with Crippen LogP contribution >= 0.6 is 0 Å². The Morgan fingerprint density at radius 1 is 1.22 bits per heavy atom. The van der Waals surface area contributed by atoms with Crippen molar-refractivity contribution in [3.05, 3.63) is 84.1 Å². The molecule has 1 fully saturated rings. The highest BCUT2D eigenvalue weighted by molar-refractivity contribution is 5.98. The van der Waals surface area contributed by atoms with Crippen LogP contribution in [-0.2, 0) is 6.54 Å². The summed E-state index contributed by atoms with van der Waals surface area (Å²) in [5.74, 6) is -0.183. The van der Waals surface area contributed by atoms with Gasteiger partial charge in [0.1, 0.15) is 17.2 Å². The Balaban J connectivity index is 0.000000301. The number of nitrogen functional groups attached to an aromatic ring is 1. The number of fused-ring (bicyclic) bond motifs is 3. The molecule has 12 heteroatoms. The molecule has 5 aromatic rings. The lowest BCUT2D eigenvalue weighted by Gasteiger charge is -2.18. The van der Waals surface area contributed by atoms with Gasteiger partial charge in [-0.2, -0.15) is 13.9 Å². The number of rotatable bonds is 5. The molecule has 0 unspecified atom stereocenters. The average Bonchev–Trinajstić information content (AvgIpc) is 3.35. The second-order valence-electron chi connectivity index (χ2n) is 8.75. The molecule has 37 heavy (non-hydrogen) atoms. The lowest BCUT2D eigenvalue weighted by Crippen LogP contribution is -2.27. The highest BCUT2D eigenvalue weighted by atomic mass is 19.3. The maximum Gasteiger partial charge on any atom is 0.333 e. The summed E-state index contributed by atoms with van der Waals surface area (Å²) in [4.78, 5) is 27.1. The summed E-state index contributed by atoms with van der Waals surface area (Å²) in [6.45, 7) is -2.22. The van der Waals surface area contributed by atoms with E-state index in [2.05, 4.69) is 26.1 Å². The third kappa shape index (κ3) is 5.08. The van der Waals surface area contributed by atoms with Crippen LogP contribution < -0.4 is 5.73 Å². The van der Waals surface area contributed by atoms with E-state index in [1.54, 1.807) is 24.0 Å². The van der Waals surface area contributed by atoms with E-state index in [9.17, 15) is 18.0 Å². The minimum atomic E-state index is -2.51. The summed E-state index contributed by atoms with van der Waals surface area (Å²) < 4.78 is 40.0. The van der Waals surface area contributed by atoms with Gasteiger partial charge in [-0.25, -0.2) is 19.0 Å². The molecule has 0 atom stereocenters. The van der Waals surface area contributed by atoms with Gasteiger partial charge in [-0.05, 0) is 42.5 Å². The molecule has 0 saturated heterocycles. The van der Waals surface area contributed by atoms with Crippen LogP contribution in [0.25, 0.3) is 16.6 Å². The first-order chi connectivity index (χ1) is 17.8. The topological polar surface area (TPSA) is 107 Å². The van der Waals surface area contributed by atoms with Gasteiger partial charge in [0.2, 0.25) is 0 Å². The lowest BCUT2D eigenvalue weighted by molar-refractivity contribution is 0.0566. The SMILES string of the molecule is CN(Cc1ccc(C2CC2)cn1)C(=O)c1cc2c(cc1F)nc(N)c1cncn12.FC(F)n1cccn1. The number of carbonyl (C=O) groups excluding carboxylic acids is 1. The Bertz CT molecular complexity index is 1550. The van der Waals surface area contributed by atoms with Crippen LogP contribution in [0.5, 0.6) is 0 Å². The molecule has 0 bridgehead atoms. The Kier molecular flexibility index (Phi) is 6.47. The fourth-order valence-corrected chi connectivity index (χ4v) is 3.97. The number of carbonyl (C=O) groups is 1. The summed E-state index contributed by atoms with van der Waals surface area (Å²) in [5, 5.41) is 3.28. The third-order valence-corrected chi connectivity index (χ3v) is 6.06. The second kappa shape index (κ2) is 9.88. The average molecular weight is 509 g/mol. The zero-order chi connectivity index (χ0) is 26.1. The molecule has 9 nitrogen and oxygen atoms in total. The fourth-order valence-electron chi connectivity index (χ4n) is 3.97. The maximum atomic E-state index is 14.7. The quantitative estimate of drug-likeness (QED) is 0.377. The Hall–Kier alpha value is -4.48. The predicted octanol–water partition coefficient (Wildman–Crippen LogP) is 4.43. The van der Waals surface area contributed by atoms with Crippen LogP contribution in [0.1, 0.15) is 46.9 Å². The molecule has 0 spiro atoms. The van der Waals surface area contributed by atoms with Gasteiger partial charge < -0.3 is 10.6 Å². The van der Waals surface area contributed by atoms with Crippen molar-refractivity contribution in [3.63, 3.8) is 0 Å². The molecule has 1 aliphatic carbocycles. The first-order valence-electron chi connectivity index (χ1n) is 11.5. The summed E-state index contributed by atoms with van der Waals surface area (Å²) in [6, 6.07) is 8.16. The van der Waals surface area contributed by atoms with Gasteiger partial charge in [0, 0.05) is 31.7 Å². The van der Waals surface area contributed by atoms with E-state index < -0.39 is 18.3 Å². The van der Waals surface area contributed by atoms with Gasteiger partial charge >= 0.3 is 6.55 Å². The normalized spacial score (nSPS) is 13.1. The minimum absolute atomic E-state index is 0.0313. The zero-order valence-electron chi connectivity index (χ0n) is 19.8. The van der Waals surface area contributed by atoms with Crippen LogP contribution in [-0.4, -0.2) is 47.0 Å². The standard InChI is InChI=1S/C21H19FN6O.C4H4F2N2/c1-27(10-14-5-4-13(8-25-14)12-2-3-12)21(29)15-6-18-17(7-16(15)22)26-20(23)19-9-24-11-28(18)19;5-4(6)8-3-1-2-7-8/h4-9,11-12H,2-3,10H2,1H3,(H2,23,26);1-4H. The number of amides is 1. The molecule has 0 radical (unpaired) electrons. The van der Waals surface area contributed by atoms with E-state index in [0.29, 0.717) is 33.7 Å². The van der Waals surface area contributed by atoms with Crippen molar-refractivity contribution >= 4 is 28.3 Å². The van der Waals surface area contributed by atoms with Crippen molar-refractivity contribution in [3.8, 4) is 0 Å². The Morgan fingerprint density at radius 2 is 2.03 bits per heavy atom. The van der Waals surface area contributed by atoms with Crippen molar-refractivity contribution in [2.45, 2.75) is 31.9 Å². The van der Waals surface area contributed by atoms with Gasteiger partial charge in [-0.3, -0.25) is 14.2 Å². The second-order valence-corrected chi connectivity index (χ2v) is 8.75. The molecule has 2 N–H and O–H groups in total. The van der Waals surface area contributed by atoms with Crippen molar-refractivity contribution in [2.75, 3.05) is 12.8 Å². The van der Waals surface area contributed by atoms with Crippen LogP contribution in [0.4, 0.5) is 19.0 Å². The number of aromatic nitrogens is 6. The lowest BCUT2D eigenvalue weighted by atomic mass is 10.1. The highest BCUT2D eigenvalue weighted by Gasteiger charge is 2.24. The number of alkyl halides is 2. The summed E-state index contributed by atoms with van der Waals surface area (Å²) >= 11 is 0. The van der Waals surface area contributed by atoms with Gasteiger partial charge in [-0.1, -0.05) is 6.07 Å². The number of nitrogens with zero attached hydrogens (tertiary/aromatic N) is 7. The van der Waals surface area contributed by atoms with E-state index in [1.165, 1.54) is 53.9 Å². The third-order valence-electron chi connectivity index (χ3n) is 6.06. The number of halogens is 3. The van der Waals surface area contributed by atoms with Crippen molar-refractivity contribution < 1.29 is 18.0 Å². The van der Waals surface area contributed by atoms with Crippen LogP contribution in [0.15, 0.2) is 61.4 Å². The molecule has 1 aromatic carbocycles. The van der Waals surface area contributed by atoms with E-state index in [4.69, 9.17) is 5.73 Å². The molecular weight excluding hydrogens is 485 g/mol. The number of nitrogens with two attached hydrogens (primary N) is 1. The number of anilines is 1. The van der Waals surface area contributed by atoms with E-state index in [-0.39, 0.29) is 11.4 Å². The van der Waals surface area contributed by atoms with Gasteiger partial charge in [-0.15, -0.1) is 0 Å². The summed E-state index contributed by atoms with van der Waals surface area (Å²) in [5.41, 5.74) is 9.41. The molecule has 6 rings (SSSR count). The van der Waals surface area contributed by atoms with Gasteiger partial charge in [0.15, 0.2) is 0 Å². The Morgan fingerprint density at radius 3 is 2.65 bits per heavy atom. The summed E-state index contributed by atoms with van der Waals surface area (Å²) in [6.07, 6.45) is 9.97. The van der Waals surface area contributed by atoms with E-state index in [1.807, 2.05) is 12.3 Å².